The van der Waals surface area contributed by atoms with Crippen molar-refractivity contribution in [1.82, 2.24) is 15.5 Å². The largest absolute Gasteiger partial charge is 0.469 e. The number of piperidine rings is 1. The van der Waals surface area contributed by atoms with Gasteiger partial charge in [-0.2, -0.15) is 0 Å². The standard InChI is InChI=1S/C23H34N4O2S.HI/c1-28-18-16-27-14-10-20(11-15-27)26-23(24-12-9-21-6-5-17-29-21)25-13-19-30-22-7-3-2-4-8-22;/h2-8,17,20H,9-16,18-19H2,1H3,(H2,24,25,26);1H. The normalized spacial score (nSPS) is 15.5. The second-order valence-corrected chi connectivity index (χ2v) is 8.57. The first-order valence-corrected chi connectivity index (χ1v) is 11.8. The Balaban J connectivity index is 0.00000341. The molecule has 1 fully saturated rings. The van der Waals surface area contributed by atoms with Crippen LogP contribution in [-0.2, 0) is 11.2 Å². The van der Waals surface area contributed by atoms with Crippen LogP contribution in [0.5, 0.6) is 0 Å². The zero-order valence-electron chi connectivity index (χ0n) is 18.3. The van der Waals surface area contributed by atoms with Crippen molar-refractivity contribution in [2.24, 2.45) is 4.99 Å². The predicted molar refractivity (Wildman–Crippen MR) is 140 cm³/mol. The summed E-state index contributed by atoms with van der Waals surface area (Å²) in [6.45, 7) is 5.61. The lowest BCUT2D eigenvalue weighted by molar-refractivity contribution is 0.128. The fraction of sp³-hybridized carbons (Fsp3) is 0.522. The number of benzene rings is 1. The number of aliphatic imine (C=N–C) groups is 1. The second kappa shape index (κ2) is 15.6. The number of furan rings is 1. The molecule has 1 aliphatic rings. The van der Waals surface area contributed by atoms with Gasteiger partial charge in [-0.3, -0.25) is 4.99 Å². The molecule has 1 aliphatic heterocycles. The zero-order valence-corrected chi connectivity index (χ0v) is 21.4. The summed E-state index contributed by atoms with van der Waals surface area (Å²) < 4.78 is 10.6. The van der Waals surface area contributed by atoms with E-state index in [0.717, 1.165) is 69.5 Å². The van der Waals surface area contributed by atoms with E-state index in [0.29, 0.717) is 12.6 Å². The predicted octanol–water partition coefficient (Wildman–Crippen LogP) is 3.88. The van der Waals surface area contributed by atoms with Crippen molar-refractivity contribution in [2.75, 3.05) is 52.2 Å². The highest BCUT2D eigenvalue weighted by molar-refractivity contribution is 14.0. The first kappa shape index (κ1) is 26.0. The molecule has 0 saturated carbocycles. The molecule has 0 aliphatic carbocycles. The van der Waals surface area contributed by atoms with Gasteiger partial charge in [0.1, 0.15) is 5.76 Å². The molecule has 172 valence electrons. The van der Waals surface area contributed by atoms with Gasteiger partial charge in [-0.05, 0) is 37.1 Å². The van der Waals surface area contributed by atoms with Gasteiger partial charge < -0.3 is 24.7 Å². The van der Waals surface area contributed by atoms with Crippen molar-refractivity contribution in [3.63, 3.8) is 0 Å². The van der Waals surface area contributed by atoms with Crippen LogP contribution in [0.15, 0.2) is 63.0 Å². The lowest BCUT2D eigenvalue weighted by Gasteiger charge is -2.33. The van der Waals surface area contributed by atoms with E-state index in [4.69, 9.17) is 14.1 Å². The molecule has 6 nitrogen and oxygen atoms in total. The average molecular weight is 559 g/mol. The summed E-state index contributed by atoms with van der Waals surface area (Å²) in [4.78, 5) is 8.57. The van der Waals surface area contributed by atoms with Crippen LogP contribution in [0.2, 0.25) is 0 Å². The molecule has 0 atom stereocenters. The molecule has 2 N–H and O–H groups in total. The third-order valence-corrected chi connectivity index (χ3v) is 6.17. The third-order valence-electron chi connectivity index (χ3n) is 5.15. The van der Waals surface area contributed by atoms with Gasteiger partial charge in [0.25, 0.3) is 0 Å². The van der Waals surface area contributed by atoms with Crippen molar-refractivity contribution in [2.45, 2.75) is 30.2 Å². The minimum atomic E-state index is 0. The molecular formula is C23H35IN4O2S. The highest BCUT2D eigenvalue weighted by Gasteiger charge is 2.19. The minimum absolute atomic E-state index is 0. The summed E-state index contributed by atoms with van der Waals surface area (Å²) in [6, 6.07) is 14.9. The number of thioether (sulfide) groups is 1. The molecule has 0 spiro atoms. The minimum Gasteiger partial charge on any atom is -0.469 e. The smallest absolute Gasteiger partial charge is 0.191 e. The Morgan fingerprint density at radius 3 is 2.71 bits per heavy atom. The molecule has 8 heteroatoms. The summed E-state index contributed by atoms with van der Waals surface area (Å²) in [5.41, 5.74) is 0. The van der Waals surface area contributed by atoms with Crippen LogP contribution in [0.3, 0.4) is 0 Å². The van der Waals surface area contributed by atoms with Gasteiger partial charge in [0.15, 0.2) is 5.96 Å². The number of hydrogen-bond acceptors (Lipinski definition) is 5. The first-order chi connectivity index (χ1) is 14.8. The number of likely N-dealkylation sites (tertiary alicyclic amines) is 1. The van der Waals surface area contributed by atoms with E-state index in [-0.39, 0.29) is 24.0 Å². The molecule has 1 aromatic carbocycles. The Hall–Kier alpha value is -1.23. The first-order valence-electron chi connectivity index (χ1n) is 10.8. The van der Waals surface area contributed by atoms with Crippen LogP contribution in [0, 0.1) is 0 Å². The van der Waals surface area contributed by atoms with E-state index in [1.807, 2.05) is 23.9 Å². The number of hydrogen-bond donors (Lipinski definition) is 2. The Morgan fingerprint density at radius 2 is 2.00 bits per heavy atom. The van der Waals surface area contributed by atoms with E-state index >= 15 is 0 Å². The van der Waals surface area contributed by atoms with Gasteiger partial charge in [-0.1, -0.05) is 18.2 Å². The average Bonchev–Trinajstić information content (AvgIpc) is 3.30. The van der Waals surface area contributed by atoms with Crippen molar-refractivity contribution in [3.8, 4) is 0 Å². The number of nitrogens with zero attached hydrogens (tertiary/aromatic N) is 2. The summed E-state index contributed by atoms with van der Waals surface area (Å²) in [5, 5.41) is 7.17. The maximum atomic E-state index is 5.43. The van der Waals surface area contributed by atoms with Gasteiger partial charge in [0.05, 0.1) is 12.9 Å². The monoisotopic (exact) mass is 558 g/mol. The van der Waals surface area contributed by atoms with Crippen LogP contribution < -0.4 is 10.6 Å². The summed E-state index contributed by atoms with van der Waals surface area (Å²) in [5.74, 6) is 2.88. The molecular weight excluding hydrogens is 523 g/mol. The van der Waals surface area contributed by atoms with E-state index in [9.17, 15) is 0 Å². The number of methoxy groups -OCH3 is 1. The van der Waals surface area contributed by atoms with Gasteiger partial charge >= 0.3 is 0 Å². The maximum absolute atomic E-state index is 5.43. The van der Waals surface area contributed by atoms with Gasteiger partial charge in [-0.25, -0.2) is 0 Å². The molecule has 0 radical (unpaired) electrons. The number of ether oxygens (including phenoxy) is 1. The molecule has 2 aromatic rings. The third kappa shape index (κ3) is 10.3. The van der Waals surface area contributed by atoms with E-state index < -0.39 is 0 Å². The van der Waals surface area contributed by atoms with Crippen LogP contribution >= 0.6 is 35.7 Å². The van der Waals surface area contributed by atoms with Gasteiger partial charge in [0, 0.05) is 62.9 Å². The fourth-order valence-electron chi connectivity index (χ4n) is 3.45. The quantitative estimate of drug-likeness (QED) is 0.144. The molecule has 0 amide bonds. The number of nitrogens with one attached hydrogen (secondary N) is 2. The lowest BCUT2D eigenvalue weighted by Crippen LogP contribution is -2.49. The van der Waals surface area contributed by atoms with Gasteiger partial charge in [0.2, 0.25) is 0 Å². The highest BCUT2D eigenvalue weighted by Crippen LogP contribution is 2.15. The highest BCUT2D eigenvalue weighted by atomic mass is 127. The number of halogens is 1. The molecule has 1 saturated heterocycles. The van der Waals surface area contributed by atoms with Crippen LogP contribution in [0.4, 0.5) is 0 Å². The van der Waals surface area contributed by atoms with E-state index in [2.05, 4.69) is 45.9 Å². The second-order valence-electron chi connectivity index (χ2n) is 7.40. The molecule has 0 unspecified atom stereocenters. The lowest BCUT2D eigenvalue weighted by atomic mass is 10.1. The molecule has 2 heterocycles. The zero-order chi connectivity index (χ0) is 20.9. The van der Waals surface area contributed by atoms with Crippen molar-refractivity contribution in [3.05, 3.63) is 54.5 Å². The Labute approximate surface area is 207 Å². The maximum Gasteiger partial charge on any atom is 0.191 e. The van der Waals surface area contributed by atoms with Gasteiger partial charge in [-0.15, -0.1) is 35.7 Å². The Bertz CT molecular complexity index is 722. The van der Waals surface area contributed by atoms with Crippen molar-refractivity contribution in [1.29, 1.82) is 0 Å². The topological polar surface area (TPSA) is 62.0 Å². The van der Waals surface area contributed by atoms with E-state index in [1.54, 1.807) is 13.4 Å². The van der Waals surface area contributed by atoms with Crippen LogP contribution in [0.25, 0.3) is 0 Å². The summed E-state index contributed by atoms with van der Waals surface area (Å²) in [7, 11) is 1.77. The number of guanidine groups is 1. The van der Waals surface area contributed by atoms with Crippen LogP contribution in [-0.4, -0.2) is 69.1 Å². The molecule has 0 bridgehead atoms. The molecule has 1 aromatic heterocycles. The molecule has 31 heavy (non-hydrogen) atoms. The van der Waals surface area contributed by atoms with Crippen molar-refractivity contribution >= 4 is 41.7 Å². The molecule has 3 rings (SSSR count). The summed E-state index contributed by atoms with van der Waals surface area (Å²) in [6.07, 6.45) is 4.78. The SMILES string of the molecule is COCCN1CCC(NC(=NCCc2ccco2)NCCSc2ccccc2)CC1.I. The summed E-state index contributed by atoms with van der Waals surface area (Å²) >= 11 is 1.86. The number of rotatable bonds is 11. The fourth-order valence-corrected chi connectivity index (χ4v) is 4.24. The van der Waals surface area contributed by atoms with E-state index in [1.165, 1.54) is 4.90 Å². The Kier molecular flexibility index (Phi) is 13.1. The Morgan fingerprint density at radius 1 is 1.19 bits per heavy atom. The van der Waals surface area contributed by atoms with Crippen LogP contribution in [0.1, 0.15) is 18.6 Å². The van der Waals surface area contributed by atoms with Crippen molar-refractivity contribution < 1.29 is 9.15 Å².